The lowest BCUT2D eigenvalue weighted by molar-refractivity contribution is -0.107. The molecule has 3 rings (SSSR count). The standard InChI is InChI=1S/C22H27O4P/c23-16-8-1-6-14-22(15-7-9-17-27(24,25)26)20-12-4-2-10-18(20)19-11-3-5-13-21(19)22/h2-5,10-13,16H,1,6-9,14-15,17H2,(H2,24,25,26). The molecule has 0 heterocycles. The van der Waals surface area contributed by atoms with Crippen LogP contribution in [0, 0.1) is 0 Å². The molecule has 0 atom stereocenters. The average Bonchev–Trinajstić information content (AvgIpc) is 2.93. The summed E-state index contributed by atoms with van der Waals surface area (Å²) in [6.07, 6.45) is 6.43. The number of benzene rings is 2. The molecule has 1 aliphatic carbocycles. The maximum Gasteiger partial charge on any atom is 0.325 e. The second kappa shape index (κ2) is 8.52. The van der Waals surface area contributed by atoms with Gasteiger partial charge >= 0.3 is 7.60 Å². The molecule has 144 valence electrons. The zero-order chi connectivity index (χ0) is 19.3. The van der Waals surface area contributed by atoms with E-state index in [1.165, 1.54) is 22.3 Å². The highest BCUT2D eigenvalue weighted by atomic mass is 31.2. The van der Waals surface area contributed by atoms with E-state index >= 15 is 0 Å². The fourth-order valence-electron chi connectivity index (χ4n) is 4.48. The van der Waals surface area contributed by atoms with Crippen molar-refractivity contribution < 1.29 is 19.1 Å². The molecular weight excluding hydrogens is 359 g/mol. The Morgan fingerprint density at radius 1 is 0.815 bits per heavy atom. The molecule has 0 aliphatic heterocycles. The van der Waals surface area contributed by atoms with Crippen molar-refractivity contribution in [1.82, 2.24) is 0 Å². The Kier molecular flexibility index (Phi) is 6.31. The van der Waals surface area contributed by atoms with Crippen molar-refractivity contribution >= 4 is 13.9 Å². The van der Waals surface area contributed by atoms with E-state index in [4.69, 9.17) is 9.79 Å². The van der Waals surface area contributed by atoms with Crippen molar-refractivity contribution in [2.45, 2.75) is 50.4 Å². The van der Waals surface area contributed by atoms with Gasteiger partial charge in [0.05, 0.1) is 0 Å². The van der Waals surface area contributed by atoms with Gasteiger partial charge in [-0.05, 0) is 47.9 Å². The van der Waals surface area contributed by atoms with Crippen molar-refractivity contribution in [3.05, 3.63) is 59.7 Å². The third-order valence-corrected chi connectivity index (χ3v) is 6.55. The van der Waals surface area contributed by atoms with Crippen LogP contribution in [-0.2, 0) is 14.8 Å². The van der Waals surface area contributed by atoms with Crippen LogP contribution in [-0.4, -0.2) is 22.2 Å². The zero-order valence-electron chi connectivity index (χ0n) is 15.5. The van der Waals surface area contributed by atoms with Gasteiger partial charge in [0.2, 0.25) is 0 Å². The number of hydrogen-bond donors (Lipinski definition) is 2. The Hall–Kier alpha value is -1.74. The molecule has 0 unspecified atom stereocenters. The normalized spacial score (nSPS) is 14.6. The molecule has 0 aromatic heterocycles. The molecule has 4 nitrogen and oxygen atoms in total. The van der Waals surface area contributed by atoms with Crippen LogP contribution < -0.4 is 0 Å². The van der Waals surface area contributed by atoms with Crippen molar-refractivity contribution in [2.24, 2.45) is 0 Å². The molecule has 5 heteroatoms. The summed E-state index contributed by atoms with van der Waals surface area (Å²) in [5.41, 5.74) is 5.02. The van der Waals surface area contributed by atoms with E-state index in [1.54, 1.807) is 0 Å². The van der Waals surface area contributed by atoms with Gasteiger partial charge in [-0.25, -0.2) is 0 Å². The Labute approximate surface area is 160 Å². The first-order valence-corrected chi connectivity index (χ1v) is 11.5. The monoisotopic (exact) mass is 386 g/mol. The third kappa shape index (κ3) is 4.40. The largest absolute Gasteiger partial charge is 0.325 e. The van der Waals surface area contributed by atoms with Crippen LogP contribution in [0.25, 0.3) is 11.1 Å². The molecule has 27 heavy (non-hydrogen) atoms. The SMILES string of the molecule is O=CCCCCC1(CCCCP(=O)(O)O)c2ccccc2-c2ccccc21. The van der Waals surface area contributed by atoms with Gasteiger partial charge in [-0.15, -0.1) is 0 Å². The summed E-state index contributed by atoms with van der Waals surface area (Å²) in [5.74, 6) is 0. The second-order valence-corrected chi connectivity index (χ2v) is 9.21. The van der Waals surface area contributed by atoms with Gasteiger partial charge in [0, 0.05) is 18.0 Å². The van der Waals surface area contributed by atoms with Gasteiger partial charge in [-0.2, -0.15) is 0 Å². The first kappa shape index (κ1) is 20.0. The van der Waals surface area contributed by atoms with E-state index in [2.05, 4.69) is 48.5 Å². The highest BCUT2D eigenvalue weighted by molar-refractivity contribution is 7.51. The fraction of sp³-hybridized carbons (Fsp3) is 0.409. The van der Waals surface area contributed by atoms with Crippen molar-refractivity contribution in [2.75, 3.05) is 6.16 Å². The van der Waals surface area contributed by atoms with E-state index in [-0.39, 0.29) is 11.6 Å². The molecule has 0 radical (unpaired) electrons. The van der Waals surface area contributed by atoms with Crippen LogP contribution in [0.4, 0.5) is 0 Å². The highest BCUT2D eigenvalue weighted by Gasteiger charge is 2.41. The summed E-state index contributed by atoms with van der Waals surface area (Å²) >= 11 is 0. The van der Waals surface area contributed by atoms with E-state index in [9.17, 15) is 9.36 Å². The summed E-state index contributed by atoms with van der Waals surface area (Å²) in [5, 5.41) is 0. The number of carbonyl (C=O) groups excluding carboxylic acids is 1. The van der Waals surface area contributed by atoms with Gasteiger partial charge in [0.15, 0.2) is 0 Å². The van der Waals surface area contributed by atoms with Crippen LogP contribution >= 0.6 is 7.60 Å². The van der Waals surface area contributed by atoms with E-state index in [1.807, 2.05) is 0 Å². The number of rotatable bonds is 10. The lowest BCUT2D eigenvalue weighted by Crippen LogP contribution is -2.25. The van der Waals surface area contributed by atoms with Gasteiger partial charge < -0.3 is 14.6 Å². The van der Waals surface area contributed by atoms with Gasteiger partial charge in [0.25, 0.3) is 0 Å². The van der Waals surface area contributed by atoms with Gasteiger partial charge in [0.1, 0.15) is 6.29 Å². The number of carbonyl (C=O) groups is 1. The third-order valence-electron chi connectivity index (χ3n) is 5.65. The number of fused-ring (bicyclic) bond motifs is 3. The predicted molar refractivity (Wildman–Crippen MR) is 108 cm³/mol. The van der Waals surface area contributed by atoms with Crippen molar-refractivity contribution in [3.8, 4) is 11.1 Å². The van der Waals surface area contributed by atoms with Crippen LogP contribution in [0.3, 0.4) is 0 Å². The Morgan fingerprint density at radius 3 is 1.85 bits per heavy atom. The Morgan fingerprint density at radius 2 is 1.33 bits per heavy atom. The minimum Gasteiger partial charge on any atom is -0.324 e. The molecule has 0 fully saturated rings. The van der Waals surface area contributed by atoms with E-state index in [0.29, 0.717) is 12.8 Å². The Balaban J connectivity index is 1.91. The maximum absolute atomic E-state index is 11.2. The Bertz CT molecular complexity index is 794. The topological polar surface area (TPSA) is 74.6 Å². The lowest BCUT2D eigenvalue weighted by Gasteiger charge is -2.32. The molecule has 1 aliphatic rings. The molecule has 2 aromatic carbocycles. The van der Waals surface area contributed by atoms with Crippen molar-refractivity contribution in [1.29, 1.82) is 0 Å². The van der Waals surface area contributed by atoms with Gasteiger partial charge in [-0.1, -0.05) is 61.4 Å². The highest BCUT2D eigenvalue weighted by Crippen LogP contribution is 2.54. The average molecular weight is 386 g/mol. The number of unbranched alkanes of at least 4 members (excludes halogenated alkanes) is 3. The minimum atomic E-state index is -3.95. The van der Waals surface area contributed by atoms with Crippen LogP contribution in [0.2, 0.25) is 0 Å². The minimum absolute atomic E-state index is 0.0580. The fourth-order valence-corrected chi connectivity index (χ4v) is 5.11. The first-order valence-electron chi connectivity index (χ1n) is 9.65. The van der Waals surface area contributed by atoms with Crippen molar-refractivity contribution in [3.63, 3.8) is 0 Å². The molecule has 0 saturated carbocycles. The molecule has 2 aromatic rings. The molecule has 0 saturated heterocycles. The van der Waals surface area contributed by atoms with Crippen LogP contribution in [0.1, 0.15) is 56.1 Å². The molecule has 0 bridgehead atoms. The molecular formula is C22H27O4P. The number of hydrogen-bond acceptors (Lipinski definition) is 2. The molecule has 2 N–H and O–H groups in total. The van der Waals surface area contributed by atoms with E-state index < -0.39 is 7.60 Å². The summed E-state index contributed by atoms with van der Waals surface area (Å²) in [6.45, 7) is 0. The summed E-state index contributed by atoms with van der Waals surface area (Å²) < 4.78 is 11.2. The summed E-state index contributed by atoms with van der Waals surface area (Å²) in [6, 6.07) is 17.0. The second-order valence-electron chi connectivity index (χ2n) is 7.43. The summed E-state index contributed by atoms with van der Waals surface area (Å²) in [4.78, 5) is 29.0. The van der Waals surface area contributed by atoms with Crippen LogP contribution in [0.5, 0.6) is 0 Å². The maximum atomic E-state index is 11.2. The number of aldehydes is 1. The zero-order valence-corrected chi connectivity index (χ0v) is 16.4. The molecule has 0 amide bonds. The van der Waals surface area contributed by atoms with Gasteiger partial charge in [-0.3, -0.25) is 4.57 Å². The van der Waals surface area contributed by atoms with Crippen LogP contribution in [0.15, 0.2) is 48.5 Å². The van der Waals surface area contributed by atoms with E-state index in [0.717, 1.165) is 38.4 Å². The lowest BCUT2D eigenvalue weighted by atomic mass is 9.71. The first-order chi connectivity index (χ1) is 13.0. The predicted octanol–water partition coefficient (Wildman–Crippen LogP) is 5.06. The molecule has 0 spiro atoms. The smallest absolute Gasteiger partial charge is 0.324 e. The summed E-state index contributed by atoms with van der Waals surface area (Å²) in [7, 11) is -3.95. The quantitative estimate of drug-likeness (QED) is 0.340.